The van der Waals surface area contributed by atoms with Crippen LogP contribution in [0.4, 0.5) is 8.78 Å². The first-order valence-corrected chi connectivity index (χ1v) is 8.71. The molecular formula is C15H18F2O3S. The summed E-state index contributed by atoms with van der Waals surface area (Å²) in [7, 11) is -3.60. The minimum absolute atomic E-state index is 0.316. The maximum atomic E-state index is 13.5. The van der Waals surface area contributed by atoms with Gasteiger partial charge < -0.3 is 0 Å². The second-order valence-electron chi connectivity index (χ2n) is 5.75. The van der Waals surface area contributed by atoms with Crippen LogP contribution < -0.4 is 0 Å². The van der Waals surface area contributed by atoms with Gasteiger partial charge in [0.2, 0.25) is 0 Å². The van der Waals surface area contributed by atoms with Gasteiger partial charge in [-0.05, 0) is 30.9 Å². The molecule has 0 spiro atoms. The molecule has 1 fully saturated rings. The van der Waals surface area contributed by atoms with Crippen molar-refractivity contribution in [3.8, 4) is 0 Å². The fourth-order valence-corrected chi connectivity index (χ4v) is 4.70. The van der Waals surface area contributed by atoms with E-state index < -0.39 is 38.3 Å². The van der Waals surface area contributed by atoms with Crippen LogP contribution in [0.5, 0.6) is 0 Å². The fraction of sp³-hybridized carbons (Fsp3) is 0.533. The summed E-state index contributed by atoms with van der Waals surface area (Å²) in [6.07, 6.45) is 2.91. The van der Waals surface area contributed by atoms with Crippen LogP contribution in [0, 0.1) is 17.6 Å². The third-order valence-corrected chi connectivity index (χ3v) is 6.07. The summed E-state index contributed by atoms with van der Waals surface area (Å²) in [6.45, 7) is 1.99. The Morgan fingerprint density at radius 2 is 2.00 bits per heavy atom. The van der Waals surface area contributed by atoms with Crippen molar-refractivity contribution in [2.24, 2.45) is 5.92 Å². The highest BCUT2D eigenvalue weighted by Crippen LogP contribution is 2.29. The smallest absolute Gasteiger partial charge is 0.180 e. The summed E-state index contributed by atoms with van der Waals surface area (Å²) in [6, 6.07) is 2.53. The third kappa shape index (κ3) is 3.87. The van der Waals surface area contributed by atoms with Crippen LogP contribution in [0.25, 0.3) is 0 Å². The van der Waals surface area contributed by atoms with Gasteiger partial charge in [0.05, 0.1) is 10.8 Å². The van der Waals surface area contributed by atoms with Crippen LogP contribution in [0.15, 0.2) is 18.2 Å². The molecule has 21 heavy (non-hydrogen) atoms. The predicted octanol–water partition coefficient (Wildman–Crippen LogP) is 3.14. The Balaban J connectivity index is 2.14. The van der Waals surface area contributed by atoms with E-state index in [0.29, 0.717) is 24.8 Å². The minimum Gasteiger partial charge on any atom is -0.293 e. The molecule has 0 radical (unpaired) electrons. The van der Waals surface area contributed by atoms with Crippen molar-refractivity contribution in [3.63, 3.8) is 0 Å². The first-order valence-electron chi connectivity index (χ1n) is 6.99. The molecule has 1 saturated carbocycles. The van der Waals surface area contributed by atoms with Gasteiger partial charge in [-0.3, -0.25) is 4.79 Å². The first-order chi connectivity index (χ1) is 9.79. The molecule has 116 valence electrons. The Kier molecular flexibility index (Phi) is 4.76. The van der Waals surface area contributed by atoms with Crippen molar-refractivity contribution in [1.29, 1.82) is 0 Å². The average Bonchev–Trinajstić information content (AvgIpc) is 2.37. The maximum Gasteiger partial charge on any atom is 0.180 e. The summed E-state index contributed by atoms with van der Waals surface area (Å²) in [5.74, 6) is -3.03. The number of carbonyl (C=O) groups excluding carboxylic acids is 1. The lowest BCUT2D eigenvalue weighted by atomic mass is 9.91. The second kappa shape index (κ2) is 6.22. The highest BCUT2D eigenvalue weighted by atomic mass is 32.2. The highest BCUT2D eigenvalue weighted by molar-refractivity contribution is 7.92. The number of benzene rings is 1. The topological polar surface area (TPSA) is 51.2 Å². The summed E-state index contributed by atoms with van der Waals surface area (Å²) in [5.41, 5.74) is -0.371. The number of Topliss-reactive ketones (excluding diaryl/α,β-unsaturated/α-hetero) is 1. The molecule has 0 saturated heterocycles. The molecule has 6 heteroatoms. The number of sulfone groups is 1. The zero-order valence-corrected chi connectivity index (χ0v) is 12.6. The van der Waals surface area contributed by atoms with Gasteiger partial charge in [-0.2, -0.15) is 0 Å². The lowest BCUT2D eigenvalue weighted by molar-refractivity contribution is 0.101. The molecule has 2 atom stereocenters. The highest BCUT2D eigenvalue weighted by Gasteiger charge is 2.32. The van der Waals surface area contributed by atoms with Gasteiger partial charge in [0.1, 0.15) is 17.4 Å². The molecular weight excluding hydrogens is 298 g/mol. The zero-order valence-electron chi connectivity index (χ0n) is 11.8. The van der Waals surface area contributed by atoms with Crippen LogP contribution in [0.1, 0.15) is 43.0 Å². The Hall–Kier alpha value is -1.30. The van der Waals surface area contributed by atoms with E-state index in [9.17, 15) is 22.0 Å². The molecule has 0 N–H and O–H groups in total. The summed E-state index contributed by atoms with van der Waals surface area (Å²) < 4.78 is 50.9. The van der Waals surface area contributed by atoms with E-state index in [1.807, 2.05) is 6.92 Å². The van der Waals surface area contributed by atoms with Gasteiger partial charge in [-0.1, -0.05) is 19.8 Å². The van der Waals surface area contributed by atoms with Crippen molar-refractivity contribution in [3.05, 3.63) is 35.4 Å². The Bertz CT molecular complexity index is 640. The largest absolute Gasteiger partial charge is 0.293 e. The Labute approximate surface area is 123 Å². The van der Waals surface area contributed by atoms with Crippen molar-refractivity contribution in [2.45, 2.75) is 37.9 Å². The number of ketones is 1. The number of hydrogen-bond donors (Lipinski definition) is 0. The van der Waals surface area contributed by atoms with Crippen LogP contribution in [0.3, 0.4) is 0 Å². The molecule has 3 nitrogen and oxygen atoms in total. The van der Waals surface area contributed by atoms with Crippen LogP contribution >= 0.6 is 0 Å². The molecule has 2 rings (SSSR count). The summed E-state index contributed by atoms with van der Waals surface area (Å²) in [4.78, 5) is 12.0. The van der Waals surface area contributed by atoms with Gasteiger partial charge in [0.15, 0.2) is 15.6 Å². The second-order valence-corrected chi connectivity index (χ2v) is 8.03. The van der Waals surface area contributed by atoms with Crippen molar-refractivity contribution in [2.75, 3.05) is 5.75 Å². The van der Waals surface area contributed by atoms with Crippen LogP contribution in [0.2, 0.25) is 0 Å². The normalized spacial score (nSPS) is 23.0. The summed E-state index contributed by atoms with van der Waals surface area (Å²) in [5, 5.41) is -0.534. The number of carbonyl (C=O) groups is 1. The SMILES string of the molecule is CC1CCCC(S(=O)(=O)CC(=O)c2ccc(F)cc2F)C1. The monoisotopic (exact) mass is 316 g/mol. The van der Waals surface area contributed by atoms with Gasteiger partial charge in [0, 0.05) is 6.07 Å². The van der Waals surface area contributed by atoms with Crippen molar-refractivity contribution in [1.82, 2.24) is 0 Å². The Morgan fingerprint density at radius 3 is 2.62 bits per heavy atom. The zero-order chi connectivity index (χ0) is 15.6. The third-order valence-electron chi connectivity index (χ3n) is 3.96. The van der Waals surface area contributed by atoms with Crippen LogP contribution in [-0.4, -0.2) is 25.2 Å². The fourth-order valence-electron chi connectivity index (χ4n) is 2.80. The van der Waals surface area contributed by atoms with Gasteiger partial charge in [0.25, 0.3) is 0 Å². The minimum atomic E-state index is -3.60. The maximum absolute atomic E-state index is 13.5. The predicted molar refractivity (Wildman–Crippen MR) is 75.9 cm³/mol. The lowest BCUT2D eigenvalue weighted by Crippen LogP contribution is -2.32. The van der Waals surface area contributed by atoms with E-state index >= 15 is 0 Å². The molecule has 0 aliphatic heterocycles. The van der Waals surface area contributed by atoms with E-state index in [-0.39, 0.29) is 5.56 Å². The molecule has 1 aliphatic rings. The standard InChI is InChI=1S/C15H18F2O3S/c1-10-3-2-4-12(7-10)21(19,20)9-15(18)13-6-5-11(16)8-14(13)17/h5-6,8,10,12H,2-4,7,9H2,1H3. The van der Waals surface area contributed by atoms with Crippen molar-refractivity contribution >= 4 is 15.6 Å². The van der Waals surface area contributed by atoms with Crippen molar-refractivity contribution < 1.29 is 22.0 Å². The molecule has 0 heterocycles. The van der Waals surface area contributed by atoms with E-state index in [0.717, 1.165) is 25.0 Å². The molecule has 0 bridgehead atoms. The number of hydrogen-bond acceptors (Lipinski definition) is 3. The summed E-state index contributed by atoms with van der Waals surface area (Å²) >= 11 is 0. The van der Waals surface area contributed by atoms with E-state index in [4.69, 9.17) is 0 Å². The number of rotatable bonds is 4. The Morgan fingerprint density at radius 1 is 1.29 bits per heavy atom. The molecule has 1 aliphatic carbocycles. The van der Waals surface area contributed by atoms with E-state index in [2.05, 4.69) is 0 Å². The van der Waals surface area contributed by atoms with Gasteiger partial charge in [-0.25, -0.2) is 17.2 Å². The first kappa shape index (κ1) is 16.1. The lowest BCUT2D eigenvalue weighted by Gasteiger charge is -2.26. The molecule has 2 unspecified atom stereocenters. The van der Waals surface area contributed by atoms with E-state index in [1.165, 1.54) is 0 Å². The molecule has 0 amide bonds. The quantitative estimate of drug-likeness (QED) is 0.802. The van der Waals surface area contributed by atoms with Gasteiger partial charge in [-0.15, -0.1) is 0 Å². The molecule has 1 aromatic rings. The molecule has 1 aromatic carbocycles. The molecule has 0 aromatic heterocycles. The van der Waals surface area contributed by atoms with Crippen LogP contribution in [-0.2, 0) is 9.84 Å². The van der Waals surface area contributed by atoms with E-state index in [1.54, 1.807) is 0 Å². The average molecular weight is 316 g/mol. The van der Waals surface area contributed by atoms with Gasteiger partial charge >= 0.3 is 0 Å². The number of halogens is 2.